The van der Waals surface area contributed by atoms with Crippen LogP contribution in [0.1, 0.15) is 81.9 Å². The van der Waals surface area contributed by atoms with Gasteiger partial charge in [0.2, 0.25) is 0 Å². The first kappa shape index (κ1) is 50.8. The number of likely N-dealkylation sites (tertiary alicyclic amines) is 1. The van der Waals surface area contributed by atoms with E-state index >= 15 is 0 Å². The molecular formula is C46H62BrClN2NaO11S+. The second-order valence-electron chi connectivity index (χ2n) is 19.3. The fourth-order valence-corrected chi connectivity index (χ4v) is 14.3. The van der Waals surface area contributed by atoms with E-state index < -0.39 is 33.3 Å². The van der Waals surface area contributed by atoms with Gasteiger partial charge in [-0.3, -0.25) is 19.0 Å². The van der Waals surface area contributed by atoms with Gasteiger partial charge in [0, 0.05) is 54.3 Å². The molecule has 342 valence electrons. The maximum absolute atomic E-state index is 12.4. The number of morpholine rings is 1. The summed E-state index contributed by atoms with van der Waals surface area (Å²) in [5.41, 5.74) is 2.30. The molecule has 6 bridgehead atoms. The van der Waals surface area contributed by atoms with Crippen molar-refractivity contribution in [2.45, 2.75) is 126 Å². The smallest absolute Gasteiger partial charge is 0.490 e. The Morgan fingerprint density at radius 2 is 1.68 bits per heavy atom. The van der Waals surface area contributed by atoms with Gasteiger partial charge in [-0.1, -0.05) is 62.4 Å². The number of piperidine rings is 2. The number of nitrogens with zero attached hydrogens (tertiary/aromatic N) is 2. The third-order valence-corrected chi connectivity index (χ3v) is 17.2. The zero-order valence-corrected chi connectivity index (χ0v) is 42.4. The molecule has 6 fully saturated rings. The van der Waals surface area contributed by atoms with Crippen molar-refractivity contribution in [1.82, 2.24) is 9.80 Å². The zero-order chi connectivity index (χ0) is 42.5. The van der Waals surface area contributed by atoms with Crippen LogP contribution in [0.25, 0.3) is 0 Å². The number of carbonyl (C=O) groups excluding carboxylic acids is 2. The number of carbonyl (C=O) groups is 2. The predicted molar refractivity (Wildman–Crippen MR) is 239 cm³/mol. The SMILES string of the molecule is Br.CC1(C)[C@@H]2CC[C@@]1(CS(=O)(=O)O)C(=O)C2.CCOc1ccc2c3c1O[C@H]1[C@@H](O)C=C[C@H]4[C@@H](C2)N(C)CC[C@@]341.CN1[C@@H]2CC(OC(=O)[C@H](CO)c3ccccc3)C[C@H]1[C@@H]1O[C@@H]12.Cl.[Na+]. The van der Waals surface area contributed by atoms with Gasteiger partial charge in [0.25, 0.3) is 10.1 Å². The molecule has 2 aromatic carbocycles. The molecule has 9 aliphatic rings. The number of esters is 1. The van der Waals surface area contributed by atoms with Crippen molar-refractivity contribution in [2.75, 3.05) is 39.6 Å². The van der Waals surface area contributed by atoms with Crippen LogP contribution in [0.4, 0.5) is 0 Å². The van der Waals surface area contributed by atoms with E-state index in [1.54, 1.807) is 0 Å². The van der Waals surface area contributed by atoms with Crippen molar-refractivity contribution in [2.24, 2.45) is 22.7 Å². The number of likely N-dealkylation sites (N-methyl/N-ethyl adjacent to an activating group) is 2. The number of rotatable bonds is 8. The quantitative estimate of drug-likeness (QED) is 0.116. The van der Waals surface area contributed by atoms with Crippen LogP contribution in [0.2, 0.25) is 0 Å². The molecular weight excluding hydrogens is 927 g/mol. The molecule has 0 aromatic heterocycles. The van der Waals surface area contributed by atoms with E-state index in [2.05, 4.69) is 36.0 Å². The van der Waals surface area contributed by atoms with Gasteiger partial charge in [-0.05, 0) is 81.8 Å². The number of Topliss-reactive ketones (excluding diaryl/α,β-unsaturated/α-hetero) is 1. The number of halogens is 2. The Morgan fingerprint density at radius 3 is 2.27 bits per heavy atom. The number of hydrogen-bond acceptors (Lipinski definition) is 12. The summed E-state index contributed by atoms with van der Waals surface area (Å²) in [5, 5.41) is 20.2. The van der Waals surface area contributed by atoms with Crippen LogP contribution in [0.15, 0.2) is 54.6 Å². The van der Waals surface area contributed by atoms with E-state index in [1.807, 2.05) is 63.2 Å². The Labute approximate surface area is 410 Å². The largest absolute Gasteiger partial charge is 1.00 e. The van der Waals surface area contributed by atoms with E-state index in [4.69, 9.17) is 23.5 Å². The summed E-state index contributed by atoms with van der Waals surface area (Å²) in [6, 6.07) is 14.8. The summed E-state index contributed by atoms with van der Waals surface area (Å²) in [7, 11) is 0.276. The summed E-state index contributed by atoms with van der Waals surface area (Å²) in [4.78, 5) is 29.1. The first-order chi connectivity index (χ1) is 28.5. The first-order valence-electron chi connectivity index (χ1n) is 21.8. The normalized spacial score (nSPS) is 36.8. The first-order valence-corrected chi connectivity index (χ1v) is 23.4. The van der Waals surface area contributed by atoms with Crippen molar-refractivity contribution in [3.8, 4) is 11.5 Å². The fourth-order valence-electron chi connectivity index (χ4n) is 13.0. The van der Waals surface area contributed by atoms with Crippen LogP contribution < -0.4 is 39.0 Å². The van der Waals surface area contributed by atoms with Crippen molar-refractivity contribution < 1.29 is 81.3 Å². The molecule has 3 N–H and O–H groups in total. The van der Waals surface area contributed by atoms with Crippen LogP contribution in [0.5, 0.6) is 11.5 Å². The summed E-state index contributed by atoms with van der Waals surface area (Å²) >= 11 is 0. The summed E-state index contributed by atoms with van der Waals surface area (Å²) in [6.07, 6.45) is 9.79. The van der Waals surface area contributed by atoms with Crippen molar-refractivity contribution >= 4 is 51.3 Å². The number of benzene rings is 2. The molecule has 2 aromatic rings. The second kappa shape index (κ2) is 18.8. The molecule has 13 nitrogen and oxygen atoms in total. The van der Waals surface area contributed by atoms with E-state index in [0.717, 1.165) is 55.7 Å². The molecule has 13 atom stereocenters. The summed E-state index contributed by atoms with van der Waals surface area (Å²) in [5.74, 6) is 1.13. The van der Waals surface area contributed by atoms with E-state index in [1.165, 1.54) is 11.1 Å². The molecule has 0 amide bonds. The standard InChI is InChI=1S/C19H23NO3.C17H21NO4.C10H16O4S.BrH.ClH.Na/c1-3-22-15-7-4-11-10-13-12-5-6-14(21)18-19(12,8-9-20(13)2)16(11)17(15)23-18;1-18-13-7-11(8-14(18)16-15(13)22-16)21-17(20)12(9-19)10-5-3-2-4-6-10;1-9(2)7-3-4-10(9,8(11)5-7)6-15(12,13)14;;;/h4-7,12-14,18,21H,3,8-10H2,1-2H3;2-6,11-16,19H,7-9H2,1H3;7H,3-6H2,1-2H3,(H,12,13,14);2*1H;/q;;;;;+1/t12-,13+,14-,18-,19-;11?,12-,13-,14+,15-,16+;7-,10-;;;/m011.../s1. The average molecular weight is 989 g/mol. The molecule has 4 aliphatic carbocycles. The van der Waals surface area contributed by atoms with E-state index in [9.17, 15) is 28.2 Å². The molecule has 0 radical (unpaired) electrons. The molecule has 1 unspecified atom stereocenters. The second-order valence-corrected chi connectivity index (χ2v) is 20.7. The third-order valence-electron chi connectivity index (χ3n) is 16.3. The number of hydrogen-bond donors (Lipinski definition) is 3. The van der Waals surface area contributed by atoms with Crippen LogP contribution in [-0.2, 0) is 41.0 Å². The van der Waals surface area contributed by atoms with E-state index in [-0.39, 0.29) is 106 Å². The molecule has 17 heteroatoms. The Balaban J connectivity index is 0.000000157. The maximum Gasteiger partial charge on any atom is 1.00 e. The number of ether oxygens (including phenoxy) is 4. The Bertz CT molecular complexity index is 2150. The van der Waals surface area contributed by atoms with E-state index in [0.29, 0.717) is 55.7 Å². The molecule has 63 heavy (non-hydrogen) atoms. The van der Waals surface area contributed by atoms with Gasteiger partial charge in [0.15, 0.2) is 11.5 Å². The monoisotopic (exact) mass is 987 g/mol. The van der Waals surface area contributed by atoms with Gasteiger partial charge in [0.1, 0.15) is 42.2 Å². The van der Waals surface area contributed by atoms with Gasteiger partial charge in [-0.25, -0.2) is 0 Å². The molecule has 4 saturated heterocycles. The maximum atomic E-state index is 12.4. The Kier molecular flexibility index (Phi) is 15.2. The van der Waals surface area contributed by atoms with Crippen molar-refractivity contribution in [1.29, 1.82) is 0 Å². The van der Waals surface area contributed by atoms with Crippen LogP contribution in [0.3, 0.4) is 0 Å². The molecule has 1 spiro atoms. The van der Waals surface area contributed by atoms with Crippen LogP contribution in [0, 0.1) is 22.7 Å². The van der Waals surface area contributed by atoms with Gasteiger partial charge < -0.3 is 34.1 Å². The molecule has 11 rings (SSSR count). The molecule has 5 aliphatic heterocycles. The minimum atomic E-state index is -4.08. The Morgan fingerprint density at radius 1 is 1.00 bits per heavy atom. The molecule has 5 heterocycles. The zero-order valence-electron chi connectivity index (χ0n) is 37.1. The van der Waals surface area contributed by atoms with Gasteiger partial charge in [-0.15, -0.1) is 29.4 Å². The Hall–Kier alpha value is -1.60. The number of ketones is 1. The van der Waals surface area contributed by atoms with Gasteiger partial charge in [0.05, 0.1) is 24.4 Å². The number of fused-ring (bicyclic) bond motifs is 7. The minimum Gasteiger partial charge on any atom is -0.490 e. The number of aliphatic hydroxyl groups is 2. The van der Waals surface area contributed by atoms with Crippen molar-refractivity contribution in [3.63, 3.8) is 0 Å². The predicted octanol–water partition coefficient (Wildman–Crippen LogP) is 2.08. The van der Waals surface area contributed by atoms with Gasteiger partial charge in [-0.2, -0.15) is 8.42 Å². The van der Waals surface area contributed by atoms with Crippen LogP contribution in [-0.4, -0.2) is 133 Å². The fraction of sp³-hybridized carbons (Fsp3) is 0.652. The molecule has 2 saturated carbocycles. The topological polar surface area (TPSA) is 176 Å². The van der Waals surface area contributed by atoms with Crippen LogP contribution >= 0.6 is 29.4 Å². The minimum absolute atomic E-state index is 0. The number of epoxide rings is 1. The summed E-state index contributed by atoms with van der Waals surface area (Å²) < 4.78 is 54.5. The number of aliphatic hydroxyl groups excluding tert-OH is 2. The third kappa shape index (κ3) is 8.42. The summed E-state index contributed by atoms with van der Waals surface area (Å²) in [6.45, 7) is 7.34. The van der Waals surface area contributed by atoms with Crippen molar-refractivity contribution in [3.05, 3.63) is 71.3 Å². The average Bonchev–Trinajstić information content (AvgIpc) is 3.77. The van der Waals surface area contributed by atoms with Gasteiger partial charge >= 0.3 is 35.5 Å².